The number of anilines is 2. The van der Waals surface area contributed by atoms with Gasteiger partial charge < -0.3 is 25.8 Å². The van der Waals surface area contributed by atoms with Crippen molar-refractivity contribution in [1.82, 2.24) is 15.3 Å². The number of rotatable bonds is 6. The zero-order valence-electron chi connectivity index (χ0n) is 20.3. The molecule has 2 heterocycles. The summed E-state index contributed by atoms with van der Waals surface area (Å²) in [5.74, 6) is 2.89. The van der Waals surface area contributed by atoms with Gasteiger partial charge in [-0.2, -0.15) is 0 Å². The van der Waals surface area contributed by atoms with Crippen LogP contribution in [0.5, 0.6) is 11.5 Å². The third-order valence-electron chi connectivity index (χ3n) is 4.30. The van der Waals surface area contributed by atoms with Gasteiger partial charge in [0.15, 0.2) is 17.3 Å². The second-order valence-electron chi connectivity index (χ2n) is 7.27. The Hall–Kier alpha value is -2.52. The van der Waals surface area contributed by atoms with Crippen molar-refractivity contribution >= 4 is 30.0 Å². The van der Waals surface area contributed by atoms with E-state index >= 15 is 0 Å². The fourth-order valence-corrected chi connectivity index (χ4v) is 2.80. The van der Waals surface area contributed by atoms with Crippen molar-refractivity contribution in [3.63, 3.8) is 0 Å². The average Bonchev–Trinajstić information content (AvgIpc) is 3.20. The molecule has 0 unspecified atom stereocenters. The third kappa shape index (κ3) is 9.32. The highest BCUT2D eigenvalue weighted by Crippen LogP contribution is 2.35. The zero-order valence-corrected chi connectivity index (χ0v) is 21.2. The molecular formula is C23H38N6O2S. The Bertz CT molecular complexity index is 825. The van der Waals surface area contributed by atoms with Gasteiger partial charge in [-0.25, -0.2) is 9.97 Å². The molecule has 1 aliphatic heterocycles. The number of nitrogens with one attached hydrogen (secondary N) is 2. The van der Waals surface area contributed by atoms with Gasteiger partial charge in [-0.3, -0.25) is 4.99 Å². The van der Waals surface area contributed by atoms with E-state index in [1.54, 1.807) is 0 Å². The normalized spacial score (nSPS) is 12.0. The van der Waals surface area contributed by atoms with Gasteiger partial charge in [-0.15, -0.1) is 12.6 Å². The molecule has 1 aromatic carbocycles. The first-order valence-corrected chi connectivity index (χ1v) is 11.4. The lowest BCUT2D eigenvalue weighted by Gasteiger charge is -2.10. The molecule has 0 atom stereocenters. The van der Waals surface area contributed by atoms with Crippen LogP contribution < -0.4 is 25.8 Å². The molecule has 1 aromatic heterocycles. The monoisotopic (exact) mass is 462 g/mol. The molecule has 0 aliphatic carbocycles. The molecule has 4 N–H and O–H groups in total. The third-order valence-corrected chi connectivity index (χ3v) is 4.78. The Morgan fingerprint density at radius 1 is 1.19 bits per heavy atom. The first-order valence-electron chi connectivity index (χ1n) is 11.0. The predicted molar refractivity (Wildman–Crippen MR) is 136 cm³/mol. The number of amidine groups is 1. The Labute approximate surface area is 197 Å². The van der Waals surface area contributed by atoms with E-state index in [-0.39, 0.29) is 0 Å². The smallest absolute Gasteiger partial charge is 0.231 e. The van der Waals surface area contributed by atoms with Gasteiger partial charge >= 0.3 is 0 Å². The molecule has 0 saturated heterocycles. The van der Waals surface area contributed by atoms with E-state index in [9.17, 15) is 0 Å². The number of benzene rings is 1. The molecule has 2 aromatic rings. The van der Waals surface area contributed by atoms with Crippen molar-refractivity contribution in [2.45, 2.75) is 65.8 Å². The van der Waals surface area contributed by atoms with Crippen molar-refractivity contribution in [1.29, 1.82) is 0 Å². The van der Waals surface area contributed by atoms with Gasteiger partial charge in [0.05, 0.1) is 11.5 Å². The van der Waals surface area contributed by atoms with E-state index in [4.69, 9.17) is 15.2 Å². The summed E-state index contributed by atoms with van der Waals surface area (Å²) < 4.78 is 10.3. The van der Waals surface area contributed by atoms with Crippen LogP contribution in [-0.4, -0.2) is 41.7 Å². The Morgan fingerprint density at radius 3 is 2.47 bits per heavy atom. The second kappa shape index (κ2) is 14.5. The topological polar surface area (TPSA) is 107 Å². The number of thiol groups is 1. The average molecular weight is 463 g/mol. The molecule has 178 valence electrons. The summed E-state index contributed by atoms with van der Waals surface area (Å²) in [6.45, 7) is 16.2. The molecule has 3 rings (SSSR count). The van der Waals surface area contributed by atoms with E-state index in [0.29, 0.717) is 18.7 Å². The number of aromatic nitrogens is 2. The van der Waals surface area contributed by atoms with Crippen LogP contribution in [0.1, 0.15) is 52.3 Å². The standard InChI is InChI=1S/C13H24N6.C8H8O2S.C2H6/c1-9(2)15-6-5-7-16-11(4)19-12-10(3)17-8-18-13(12)14;1-5-2-6-7(3-8(5)11)10-4-9-6;1-2/h8-9,15H,5-7H2,1-4H3,(H,16,19)(H2,14,17,18);2-3,11H,4H2,1H3;1-2H3. The minimum atomic E-state index is 0.325. The molecule has 32 heavy (non-hydrogen) atoms. The number of aliphatic imine (C=N–C) groups is 1. The van der Waals surface area contributed by atoms with Crippen LogP contribution >= 0.6 is 12.6 Å². The van der Waals surface area contributed by atoms with Crippen LogP contribution in [0.3, 0.4) is 0 Å². The van der Waals surface area contributed by atoms with E-state index in [0.717, 1.165) is 58.7 Å². The summed E-state index contributed by atoms with van der Waals surface area (Å²) in [6, 6.07) is 4.33. The van der Waals surface area contributed by atoms with Crippen LogP contribution in [-0.2, 0) is 0 Å². The Kier molecular flexibility index (Phi) is 12.5. The molecular weight excluding hydrogens is 424 g/mol. The number of fused-ring (bicyclic) bond motifs is 1. The minimum Gasteiger partial charge on any atom is -0.454 e. The van der Waals surface area contributed by atoms with Crippen molar-refractivity contribution < 1.29 is 9.47 Å². The highest BCUT2D eigenvalue weighted by Gasteiger charge is 2.13. The summed E-state index contributed by atoms with van der Waals surface area (Å²) in [7, 11) is 0. The molecule has 8 nitrogen and oxygen atoms in total. The molecule has 0 radical (unpaired) electrons. The van der Waals surface area contributed by atoms with Gasteiger partial charge in [0, 0.05) is 17.5 Å². The Morgan fingerprint density at radius 2 is 1.84 bits per heavy atom. The highest BCUT2D eigenvalue weighted by atomic mass is 32.1. The van der Waals surface area contributed by atoms with E-state index < -0.39 is 0 Å². The molecule has 0 spiro atoms. The fraction of sp³-hybridized carbons (Fsp3) is 0.522. The van der Waals surface area contributed by atoms with Gasteiger partial charge in [0.2, 0.25) is 6.79 Å². The van der Waals surface area contributed by atoms with Gasteiger partial charge in [-0.1, -0.05) is 27.7 Å². The SMILES string of the molecule is CC.CC(=NCCCNC(C)C)Nc1c(C)ncnc1N.Cc1cc2c(cc1S)OCO2. The maximum atomic E-state index is 5.80. The first-order chi connectivity index (χ1) is 15.3. The quantitative estimate of drug-likeness (QED) is 0.215. The van der Waals surface area contributed by atoms with E-state index in [1.807, 2.05) is 46.8 Å². The van der Waals surface area contributed by atoms with Crippen LogP contribution in [0, 0.1) is 13.8 Å². The maximum Gasteiger partial charge on any atom is 0.231 e. The van der Waals surface area contributed by atoms with E-state index in [1.165, 1.54) is 6.33 Å². The molecule has 0 bridgehead atoms. The number of nitrogen functional groups attached to an aromatic ring is 1. The number of aryl methyl sites for hydroxylation is 2. The summed E-state index contributed by atoms with van der Waals surface area (Å²) in [6.07, 6.45) is 2.47. The molecule has 0 saturated carbocycles. The zero-order chi connectivity index (χ0) is 24.1. The number of nitrogens with two attached hydrogens (primary N) is 1. The number of ether oxygens (including phenoxy) is 2. The van der Waals surface area contributed by atoms with Gasteiger partial charge in [0.1, 0.15) is 12.0 Å². The Balaban J connectivity index is 0.000000331. The molecule has 0 amide bonds. The van der Waals surface area contributed by atoms with Gasteiger partial charge in [-0.05, 0) is 51.4 Å². The molecule has 0 fully saturated rings. The van der Waals surface area contributed by atoms with E-state index in [2.05, 4.69) is 52.1 Å². The summed E-state index contributed by atoms with van der Waals surface area (Å²) >= 11 is 4.26. The lowest BCUT2D eigenvalue weighted by molar-refractivity contribution is 0.174. The van der Waals surface area contributed by atoms with Crippen LogP contribution in [0.15, 0.2) is 28.3 Å². The summed E-state index contributed by atoms with van der Waals surface area (Å²) in [5, 5.41) is 6.52. The highest BCUT2D eigenvalue weighted by molar-refractivity contribution is 7.80. The molecule has 9 heteroatoms. The number of hydrogen-bond donors (Lipinski definition) is 4. The summed E-state index contributed by atoms with van der Waals surface area (Å²) in [5.41, 5.74) is 8.47. The van der Waals surface area contributed by atoms with Crippen molar-refractivity contribution in [2.24, 2.45) is 4.99 Å². The lowest BCUT2D eigenvalue weighted by atomic mass is 10.2. The van der Waals surface area contributed by atoms with Crippen molar-refractivity contribution in [2.75, 3.05) is 30.9 Å². The van der Waals surface area contributed by atoms with Gasteiger partial charge in [0.25, 0.3) is 0 Å². The lowest BCUT2D eigenvalue weighted by Crippen LogP contribution is -2.24. The van der Waals surface area contributed by atoms with Crippen molar-refractivity contribution in [3.8, 4) is 11.5 Å². The van der Waals surface area contributed by atoms with Crippen LogP contribution in [0.4, 0.5) is 11.5 Å². The molecule has 1 aliphatic rings. The second-order valence-corrected chi connectivity index (χ2v) is 7.75. The summed E-state index contributed by atoms with van der Waals surface area (Å²) in [4.78, 5) is 13.5. The number of nitrogens with zero attached hydrogens (tertiary/aromatic N) is 3. The maximum absolute atomic E-state index is 5.80. The van der Waals surface area contributed by atoms with Crippen LogP contribution in [0.25, 0.3) is 0 Å². The predicted octanol–water partition coefficient (Wildman–Crippen LogP) is 4.62. The first kappa shape index (κ1) is 27.5. The minimum absolute atomic E-state index is 0.325. The van der Waals surface area contributed by atoms with Crippen molar-refractivity contribution in [3.05, 3.63) is 29.7 Å². The van der Waals surface area contributed by atoms with Crippen LogP contribution in [0.2, 0.25) is 0 Å². The fourth-order valence-electron chi connectivity index (χ4n) is 2.62. The largest absolute Gasteiger partial charge is 0.454 e. The number of hydrogen-bond acceptors (Lipinski definition) is 8.